The number of nitrogens with one attached hydrogen (secondary N) is 1. The maximum Gasteiger partial charge on any atom is 0.311 e. The Bertz CT molecular complexity index is 2150. The van der Waals surface area contributed by atoms with E-state index in [0.29, 0.717) is 47.6 Å². The predicted octanol–water partition coefficient (Wildman–Crippen LogP) is 7.11. The highest BCUT2D eigenvalue weighted by atomic mass is 35.5. The molecule has 0 spiro atoms. The Balaban J connectivity index is 1.46. The number of hydrogen-bond donors (Lipinski definition) is 3. The molecule has 0 aromatic heterocycles. The topological polar surface area (TPSA) is 159 Å². The highest BCUT2D eigenvalue weighted by Gasteiger charge is 2.24. The molecule has 1 aliphatic carbocycles. The van der Waals surface area contributed by atoms with Crippen LogP contribution in [-0.2, 0) is 14.9 Å². The molecule has 0 radical (unpaired) electrons. The Morgan fingerprint density at radius 2 is 1.71 bits per heavy atom. The molecule has 0 saturated heterocycles. The molecule has 4 N–H and O–H groups in total. The summed E-state index contributed by atoms with van der Waals surface area (Å²) in [7, 11) is 0.965. The molecular formula is C34H34Cl2N4O7S. The molecule has 11 nitrogen and oxygen atoms in total. The number of nitrogens with two attached hydrogens (primary N) is 1. The van der Waals surface area contributed by atoms with Crippen molar-refractivity contribution in [1.82, 2.24) is 0 Å². The molecule has 1 aliphatic heterocycles. The standard InChI is InChI=1S/C34H34Cl2N4O7S/c1-5-40(12-6-7-32(41)47-34-25(35)15-21(16-26(34)36)48(42,43)44)28-18-29(45-4)24(17-27(28)39(2)3)33-22-10-8-19(37)13-30(22)46-31-14-20(38)9-11-23(31)33/h8-11,13-18,37H,5-7,12,38H2,1-4H3,(H,42,43,44). The third-order valence-electron chi connectivity index (χ3n) is 7.81. The van der Waals surface area contributed by atoms with E-state index in [1.54, 1.807) is 25.3 Å². The van der Waals surface area contributed by atoms with Crippen molar-refractivity contribution in [3.8, 4) is 33.9 Å². The second-order valence-corrected chi connectivity index (χ2v) is 13.5. The number of nitrogens with zero attached hydrogens (tertiary/aromatic N) is 2. The normalized spacial score (nSPS) is 11.6. The van der Waals surface area contributed by atoms with E-state index in [0.717, 1.165) is 45.6 Å². The minimum absolute atomic E-state index is 0.0162. The van der Waals surface area contributed by atoms with Gasteiger partial charge in [0.1, 0.15) is 17.1 Å². The molecule has 48 heavy (non-hydrogen) atoms. The largest absolute Gasteiger partial charge is 0.496 e. The van der Waals surface area contributed by atoms with Crippen LogP contribution in [0.25, 0.3) is 33.4 Å². The molecule has 0 amide bonds. The molecule has 0 bridgehead atoms. The molecule has 0 unspecified atom stereocenters. The molecule has 0 atom stereocenters. The van der Waals surface area contributed by atoms with Crippen LogP contribution in [0.4, 0.5) is 17.1 Å². The number of carbonyl (C=O) groups is 1. The summed E-state index contributed by atoms with van der Waals surface area (Å²) < 4.78 is 49.7. The number of nitrogen functional groups attached to an aromatic ring is 1. The van der Waals surface area contributed by atoms with Gasteiger partial charge in [-0.25, -0.2) is 0 Å². The minimum atomic E-state index is -4.55. The van der Waals surface area contributed by atoms with Crippen molar-refractivity contribution in [2.24, 2.45) is 0 Å². The lowest BCUT2D eigenvalue weighted by Crippen LogP contribution is -2.27. The molecule has 1 heterocycles. The van der Waals surface area contributed by atoms with Gasteiger partial charge in [-0.05, 0) is 55.8 Å². The van der Waals surface area contributed by atoms with Crippen LogP contribution in [0.2, 0.25) is 10.0 Å². The lowest BCUT2D eigenvalue weighted by Gasteiger charge is -2.30. The van der Waals surface area contributed by atoms with Gasteiger partial charge in [0.25, 0.3) is 10.1 Å². The fourth-order valence-electron chi connectivity index (χ4n) is 5.54. The van der Waals surface area contributed by atoms with Crippen molar-refractivity contribution < 1.29 is 31.7 Å². The van der Waals surface area contributed by atoms with E-state index in [9.17, 15) is 17.8 Å². The van der Waals surface area contributed by atoms with Crippen molar-refractivity contribution >= 4 is 67.3 Å². The number of benzene rings is 4. The summed E-state index contributed by atoms with van der Waals surface area (Å²) in [4.78, 5) is 16.4. The maximum absolute atomic E-state index is 12.8. The lowest BCUT2D eigenvalue weighted by atomic mass is 9.92. The molecule has 0 saturated carbocycles. The van der Waals surface area contributed by atoms with E-state index in [4.69, 9.17) is 48.2 Å². The fourth-order valence-corrected chi connectivity index (χ4v) is 6.77. The Labute approximate surface area is 288 Å². The summed E-state index contributed by atoms with van der Waals surface area (Å²) in [5, 5.41) is 8.87. The zero-order valence-corrected chi connectivity index (χ0v) is 29.0. The first-order chi connectivity index (χ1) is 22.7. The van der Waals surface area contributed by atoms with Gasteiger partial charge < -0.3 is 34.8 Å². The Morgan fingerprint density at radius 3 is 2.33 bits per heavy atom. The van der Waals surface area contributed by atoms with Crippen molar-refractivity contribution in [3.05, 3.63) is 76.1 Å². The number of methoxy groups -OCH3 is 1. The molecule has 252 valence electrons. The van der Waals surface area contributed by atoms with Gasteiger partial charge in [-0.1, -0.05) is 23.2 Å². The van der Waals surface area contributed by atoms with Crippen LogP contribution < -0.4 is 30.4 Å². The van der Waals surface area contributed by atoms with Gasteiger partial charge in [0, 0.05) is 79.6 Å². The quantitative estimate of drug-likeness (QED) is 0.0424. The summed E-state index contributed by atoms with van der Waals surface area (Å²) >= 11 is 12.2. The van der Waals surface area contributed by atoms with Crippen molar-refractivity contribution in [2.75, 3.05) is 49.8 Å². The van der Waals surface area contributed by atoms with Gasteiger partial charge in [0.15, 0.2) is 5.75 Å². The summed E-state index contributed by atoms with van der Waals surface area (Å²) in [6, 6.07) is 16.7. The van der Waals surface area contributed by atoms with Crippen LogP contribution in [0.5, 0.6) is 11.5 Å². The number of carbonyl (C=O) groups excluding carboxylic acids is 1. The van der Waals surface area contributed by atoms with Gasteiger partial charge in [-0.15, -0.1) is 0 Å². The maximum atomic E-state index is 12.8. The van der Waals surface area contributed by atoms with Gasteiger partial charge in [0.05, 0.1) is 38.8 Å². The van der Waals surface area contributed by atoms with E-state index in [1.807, 2.05) is 50.2 Å². The molecule has 3 aromatic rings. The molecule has 2 aliphatic rings. The van der Waals surface area contributed by atoms with E-state index in [2.05, 4.69) is 11.0 Å². The monoisotopic (exact) mass is 712 g/mol. The van der Waals surface area contributed by atoms with Crippen LogP contribution in [0.3, 0.4) is 0 Å². The van der Waals surface area contributed by atoms with Crippen LogP contribution in [0, 0.1) is 5.41 Å². The third-order valence-corrected chi connectivity index (χ3v) is 9.20. The summed E-state index contributed by atoms with van der Waals surface area (Å²) in [5.41, 5.74) is 11.6. The van der Waals surface area contributed by atoms with Crippen molar-refractivity contribution in [1.29, 1.82) is 5.41 Å². The fraction of sp³-hybridized carbons (Fsp3) is 0.235. The average Bonchev–Trinajstić information content (AvgIpc) is 3.02. The first kappa shape index (κ1) is 34.8. The second-order valence-electron chi connectivity index (χ2n) is 11.2. The van der Waals surface area contributed by atoms with Crippen LogP contribution in [0.1, 0.15) is 19.8 Å². The minimum Gasteiger partial charge on any atom is -0.496 e. The number of halogens is 2. The molecule has 3 aromatic carbocycles. The van der Waals surface area contributed by atoms with Gasteiger partial charge in [-0.3, -0.25) is 9.35 Å². The zero-order chi connectivity index (χ0) is 34.9. The van der Waals surface area contributed by atoms with E-state index >= 15 is 0 Å². The van der Waals surface area contributed by atoms with Gasteiger partial charge in [-0.2, -0.15) is 8.42 Å². The smallest absolute Gasteiger partial charge is 0.311 e. The van der Waals surface area contributed by atoms with E-state index in [1.165, 1.54) is 0 Å². The van der Waals surface area contributed by atoms with Crippen molar-refractivity contribution in [2.45, 2.75) is 24.7 Å². The average molecular weight is 714 g/mol. The number of ether oxygens (including phenoxy) is 2. The van der Waals surface area contributed by atoms with Gasteiger partial charge >= 0.3 is 5.97 Å². The zero-order valence-electron chi connectivity index (χ0n) is 26.6. The number of hydrogen-bond acceptors (Lipinski definition) is 10. The molecule has 14 heteroatoms. The third kappa shape index (κ3) is 7.16. The number of rotatable bonds is 11. The SMILES string of the molecule is CCN(CCCC(=O)Oc1c(Cl)cc(S(=O)(=O)O)cc1Cl)c1cc(OC)c(-c2c3ccc(=N)cc-3oc3cc(N)ccc23)cc1N(C)C. The number of fused-ring (bicyclic) bond motifs is 2. The Kier molecular flexibility index (Phi) is 10.1. The Morgan fingerprint density at radius 1 is 1.00 bits per heavy atom. The molecular weight excluding hydrogens is 679 g/mol. The first-order valence-electron chi connectivity index (χ1n) is 14.8. The van der Waals surface area contributed by atoms with Gasteiger partial charge in [0.2, 0.25) is 0 Å². The highest BCUT2D eigenvalue weighted by Crippen LogP contribution is 2.47. The van der Waals surface area contributed by atoms with Crippen LogP contribution >= 0.6 is 23.2 Å². The number of esters is 1. The van der Waals surface area contributed by atoms with Crippen LogP contribution in [0.15, 0.2) is 70.0 Å². The van der Waals surface area contributed by atoms with Crippen LogP contribution in [-0.4, -0.2) is 53.2 Å². The summed E-state index contributed by atoms with van der Waals surface area (Å²) in [6.45, 7) is 3.12. The first-order valence-corrected chi connectivity index (χ1v) is 17.0. The van der Waals surface area contributed by atoms with E-state index in [-0.39, 0.29) is 22.2 Å². The Hall–Kier alpha value is -4.49. The lowest BCUT2D eigenvalue weighted by molar-refractivity contribution is -0.134. The number of anilines is 3. The summed E-state index contributed by atoms with van der Waals surface area (Å²) in [5.74, 6) is 0.368. The summed E-state index contributed by atoms with van der Waals surface area (Å²) in [6.07, 6.45) is 0.427. The molecule has 0 fully saturated rings. The predicted molar refractivity (Wildman–Crippen MR) is 188 cm³/mol. The van der Waals surface area contributed by atoms with Crippen molar-refractivity contribution in [3.63, 3.8) is 0 Å². The van der Waals surface area contributed by atoms with E-state index < -0.39 is 21.0 Å². The molecule has 5 rings (SSSR count). The highest BCUT2D eigenvalue weighted by molar-refractivity contribution is 7.85. The second kappa shape index (κ2) is 13.9.